The molecule has 1 aliphatic rings. The van der Waals surface area contributed by atoms with Crippen molar-refractivity contribution in [3.05, 3.63) is 29.3 Å². The predicted molar refractivity (Wildman–Crippen MR) is 69.4 cm³/mol. The number of hydrogen-bond donors (Lipinski definition) is 1. The van der Waals surface area contributed by atoms with E-state index in [0.717, 1.165) is 37.0 Å². The van der Waals surface area contributed by atoms with Crippen molar-refractivity contribution >= 4 is 0 Å². The van der Waals surface area contributed by atoms with Crippen molar-refractivity contribution in [1.82, 2.24) is 0 Å². The molecule has 0 saturated heterocycles. The van der Waals surface area contributed by atoms with Gasteiger partial charge in [0.2, 0.25) is 0 Å². The van der Waals surface area contributed by atoms with Crippen LogP contribution in [-0.4, -0.2) is 17.3 Å². The highest BCUT2D eigenvalue weighted by atomic mass is 16.5. The maximum atomic E-state index is 10.0. The number of aliphatic hydroxyl groups excluding tert-OH is 1. The Bertz CT molecular complexity index is 373. The van der Waals surface area contributed by atoms with Gasteiger partial charge in [-0.25, -0.2) is 0 Å². The van der Waals surface area contributed by atoms with E-state index >= 15 is 0 Å². The van der Waals surface area contributed by atoms with Gasteiger partial charge in [0.15, 0.2) is 0 Å². The van der Waals surface area contributed by atoms with Crippen molar-refractivity contribution in [1.29, 1.82) is 0 Å². The van der Waals surface area contributed by atoms with Crippen LogP contribution in [0.2, 0.25) is 0 Å². The lowest BCUT2D eigenvalue weighted by atomic mass is 10.1. The first-order valence-electron chi connectivity index (χ1n) is 6.59. The molecular formula is C15H22O2. The number of aryl methyl sites for hydroxylation is 2. The summed E-state index contributed by atoms with van der Waals surface area (Å²) in [5.74, 6) is 0.918. The average Bonchev–Trinajstić information content (AvgIpc) is 2.48. The Morgan fingerprint density at radius 2 is 1.88 bits per heavy atom. The van der Waals surface area contributed by atoms with Gasteiger partial charge in [0.05, 0.1) is 6.10 Å². The third-order valence-electron chi connectivity index (χ3n) is 3.53. The summed E-state index contributed by atoms with van der Waals surface area (Å²) in [4.78, 5) is 0. The average molecular weight is 234 g/mol. The summed E-state index contributed by atoms with van der Waals surface area (Å²) < 4.78 is 5.98. The fraction of sp³-hybridized carbons (Fsp3) is 0.600. The molecule has 0 heterocycles. The van der Waals surface area contributed by atoms with E-state index in [1.54, 1.807) is 0 Å². The lowest BCUT2D eigenvalue weighted by Gasteiger charge is -2.23. The van der Waals surface area contributed by atoms with E-state index in [-0.39, 0.29) is 12.2 Å². The van der Waals surface area contributed by atoms with Gasteiger partial charge in [0.1, 0.15) is 11.9 Å². The van der Waals surface area contributed by atoms with Crippen LogP contribution >= 0.6 is 0 Å². The molecule has 0 radical (unpaired) electrons. The Morgan fingerprint density at radius 1 is 1.12 bits per heavy atom. The largest absolute Gasteiger partial charge is 0.487 e. The molecule has 1 aliphatic carbocycles. The summed E-state index contributed by atoms with van der Waals surface area (Å²) in [5, 5.41) is 10.0. The number of ether oxygens (including phenoxy) is 1. The van der Waals surface area contributed by atoms with Crippen molar-refractivity contribution in [3.63, 3.8) is 0 Å². The molecule has 0 bridgehead atoms. The van der Waals surface area contributed by atoms with E-state index in [0.29, 0.717) is 0 Å². The quantitative estimate of drug-likeness (QED) is 0.795. The monoisotopic (exact) mass is 234 g/mol. The third-order valence-corrected chi connectivity index (χ3v) is 3.53. The Hall–Kier alpha value is -1.02. The highest BCUT2D eigenvalue weighted by Crippen LogP contribution is 2.26. The van der Waals surface area contributed by atoms with Gasteiger partial charge in [-0.3, -0.25) is 0 Å². The molecule has 0 spiro atoms. The van der Waals surface area contributed by atoms with Crippen LogP contribution in [0.25, 0.3) is 0 Å². The number of aliphatic hydroxyl groups is 1. The van der Waals surface area contributed by atoms with Gasteiger partial charge >= 0.3 is 0 Å². The van der Waals surface area contributed by atoms with Crippen molar-refractivity contribution in [3.8, 4) is 5.75 Å². The SMILES string of the molecule is Cc1ccc(OC2CCCCCC2O)c(C)c1. The molecule has 2 rings (SSSR count). The standard InChI is InChI=1S/C15H22O2/c1-11-8-9-14(12(2)10-11)17-15-7-5-3-4-6-13(15)16/h8-10,13,15-16H,3-7H2,1-2H3. The Balaban J connectivity index is 2.08. The predicted octanol–water partition coefficient (Wildman–Crippen LogP) is 3.38. The highest BCUT2D eigenvalue weighted by molar-refractivity contribution is 5.35. The normalized spacial score (nSPS) is 25.4. The van der Waals surface area contributed by atoms with Gasteiger partial charge in [0, 0.05) is 0 Å². The van der Waals surface area contributed by atoms with E-state index in [1.807, 2.05) is 6.07 Å². The first-order valence-corrected chi connectivity index (χ1v) is 6.59. The summed E-state index contributed by atoms with van der Waals surface area (Å²) in [5.41, 5.74) is 2.40. The molecule has 17 heavy (non-hydrogen) atoms. The van der Waals surface area contributed by atoms with Gasteiger partial charge in [-0.05, 0) is 44.7 Å². The molecule has 0 aliphatic heterocycles. The van der Waals surface area contributed by atoms with E-state index < -0.39 is 0 Å². The van der Waals surface area contributed by atoms with Crippen molar-refractivity contribution in [2.45, 2.75) is 58.2 Å². The Morgan fingerprint density at radius 3 is 2.65 bits per heavy atom. The van der Waals surface area contributed by atoms with Crippen LogP contribution in [0.15, 0.2) is 18.2 Å². The first kappa shape index (κ1) is 12.4. The highest BCUT2D eigenvalue weighted by Gasteiger charge is 2.23. The summed E-state index contributed by atoms with van der Waals surface area (Å²) >= 11 is 0. The topological polar surface area (TPSA) is 29.5 Å². The molecule has 2 heteroatoms. The van der Waals surface area contributed by atoms with Gasteiger partial charge in [-0.15, -0.1) is 0 Å². The van der Waals surface area contributed by atoms with Crippen molar-refractivity contribution in [2.24, 2.45) is 0 Å². The van der Waals surface area contributed by atoms with E-state index in [1.165, 1.54) is 12.0 Å². The fourth-order valence-electron chi connectivity index (χ4n) is 2.49. The maximum absolute atomic E-state index is 10.0. The minimum absolute atomic E-state index is 0.0288. The van der Waals surface area contributed by atoms with Crippen LogP contribution < -0.4 is 4.74 Å². The second kappa shape index (κ2) is 5.54. The van der Waals surface area contributed by atoms with Crippen LogP contribution in [0.4, 0.5) is 0 Å². The zero-order valence-electron chi connectivity index (χ0n) is 10.8. The van der Waals surface area contributed by atoms with Crippen LogP contribution in [0.3, 0.4) is 0 Å². The second-order valence-electron chi connectivity index (χ2n) is 5.13. The van der Waals surface area contributed by atoms with Crippen LogP contribution in [-0.2, 0) is 0 Å². The van der Waals surface area contributed by atoms with Crippen LogP contribution in [0.1, 0.15) is 43.2 Å². The Kier molecular flexibility index (Phi) is 4.06. The number of hydrogen-bond acceptors (Lipinski definition) is 2. The van der Waals surface area contributed by atoms with Crippen LogP contribution in [0, 0.1) is 13.8 Å². The van der Waals surface area contributed by atoms with Gasteiger partial charge in [-0.2, -0.15) is 0 Å². The number of rotatable bonds is 2. The first-order chi connectivity index (χ1) is 8.16. The molecule has 0 aromatic heterocycles. The molecule has 1 aromatic rings. The van der Waals surface area contributed by atoms with Crippen molar-refractivity contribution in [2.75, 3.05) is 0 Å². The lowest BCUT2D eigenvalue weighted by Crippen LogP contribution is -2.30. The summed E-state index contributed by atoms with van der Waals surface area (Å²) in [6, 6.07) is 6.20. The third kappa shape index (κ3) is 3.22. The van der Waals surface area contributed by atoms with Gasteiger partial charge in [-0.1, -0.05) is 30.5 Å². The van der Waals surface area contributed by atoms with Gasteiger partial charge in [0.25, 0.3) is 0 Å². The zero-order chi connectivity index (χ0) is 12.3. The minimum atomic E-state index is -0.307. The molecule has 2 atom stereocenters. The zero-order valence-corrected chi connectivity index (χ0v) is 10.8. The lowest BCUT2D eigenvalue weighted by molar-refractivity contribution is 0.0316. The fourth-order valence-corrected chi connectivity index (χ4v) is 2.49. The van der Waals surface area contributed by atoms with E-state index in [2.05, 4.69) is 26.0 Å². The molecule has 1 saturated carbocycles. The molecule has 1 aromatic carbocycles. The van der Waals surface area contributed by atoms with E-state index in [9.17, 15) is 5.11 Å². The molecule has 1 fully saturated rings. The minimum Gasteiger partial charge on any atom is -0.487 e. The summed E-state index contributed by atoms with van der Waals surface area (Å²) in [6.07, 6.45) is 4.99. The second-order valence-corrected chi connectivity index (χ2v) is 5.13. The van der Waals surface area contributed by atoms with Gasteiger partial charge < -0.3 is 9.84 Å². The maximum Gasteiger partial charge on any atom is 0.124 e. The molecule has 94 valence electrons. The molecule has 1 N–H and O–H groups in total. The number of benzene rings is 1. The smallest absolute Gasteiger partial charge is 0.124 e. The summed E-state index contributed by atoms with van der Waals surface area (Å²) in [7, 11) is 0. The molecule has 2 nitrogen and oxygen atoms in total. The van der Waals surface area contributed by atoms with Crippen molar-refractivity contribution < 1.29 is 9.84 Å². The Labute approximate surface area is 104 Å². The van der Waals surface area contributed by atoms with Crippen LogP contribution in [0.5, 0.6) is 5.75 Å². The molecule has 2 unspecified atom stereocenters. The summed E-state index contributed by atoms with van der Waals surface area (Å²) in [6.45, 7) is 4.14. The van der Waals surface area contributed by atoms with E-state index in [4.69, 9.17) is 4.74 Å². The molecular weight excluding hydrogens is 212 g/mol. The molecule has 0 amide bonds.